The van der Waals surface area contributed by atoms with Crippen LogP contribution >= 0.6 is 11.3 Å². The van der Waals surface area contributed by atoms with Gasteiger partial charge in [-0.25, -0.2) is 0 Å². The van der Waals surface area contributed by atoms with Crippen molar-refractivity contribution in [2.75, 3.05) is 5.32 Å². The molecule has 0 aliphatic heterocycles. The highest BCUT2D eigenvalue weighted by atomic mass is 32.1. The molecule has 0 saturated heterocycles. The third-order valence-corrected chi connectivity index (χ3v) is 4.23. The van der Waals surface area contributed by atoms with Crippen LogP contribution in [0.15, 0.2) is 41.8 Å². The Morgan fingerprint density at radius 2 is 1.77 bits per heavy atom. The fourth-order valence-corrected chi connectivity index (χ4v) is 3.12. The van der Waals surface area contributed by atoms with Crippen LogP contribution in [0.1, 0.15) is 42.0 Å². The second-order valence-electron chi connectivity index (χ2n) is 5.47. The number of amides is 2. The SMILES string of the molecule is CC(=O)Nc1ccc(C(=O)N[C@@H](c2cccs2)C(C)C)cc1. The first kappa shape index (κ1) is 16.2. The van der Waals surface area contributed by atoms with Gasteiger partial charge in [0.25, 0.3) is 5.91 Å². The number of hydrogen-bond acceptors (Lipinski definition) is 3. The summed E-state index contributed by atoms with van der Waals surface area (Å²) < 4.78 is 0. The zero-order valence-corrected chi connectivity index (χ0v) is 13.7. The van der Waals surface area contributed by atoms with E-state index in [2.05, 4.69) is 24.5 Å². The Labute approximate surface area is 134 Å². The molecule has 0 fully saturated rings. The van der Waals surface area contributed by atoms with E-state index in [1.54, 1.807) is 35.6 Å². The van der Waals surface area contributed by atoms with Gasteiger partial charge in [0.1, 0.15) is 0 Å². The highest BCUT2D eigenvalue weighted by Gasteiger charge is 2.19. The van der Waals surface area contributed by atoms with Crippen LogP contribution in [0.25, 0.3) is 0 Å². The van der Waals surface area contributed by atoms with E-state index in [1.807, 2.05) is 17.5 Å². The largest absolute Gasteiger partial charge is 0.344 e. The molecule has 1 aromatic heterocycles. The molecule has 0 aliphatic carbocycles. The zero-order valence-electron chi connectivity index (χ0n) is 12.9. The van der Waals surface area contributed by atoms with Gasteiger partial charge < -0.3 is 10.6 Å². The van der Waals surface area contributed by atoms with Gasteiger partial charge in [0, 0.05) is 23.1 Å². The molecule has 116 valence electrons. The molecule has 2 N–H and O–H groups in total. The second-order valence-corrected chi connectivity index (χ2v) is 6.45. The third-order valence-electron chi connectivity index (χ3n) is 3.27. The molecule has 0 spiro atoms. The van der Waals surface area contributed by atoms with Gasteiger partial charge in [-0.05, 0) is 41.6 Å². The van der Waals surface area contributed by atoms with E-state index in [0.29, 0.717) is 17.2 Å². The van der Waals surface area contributed by atoms with Crippen molar-refractivity contribution in [3.63, 3.8) is 0 Å². The molecule has 1 atom stereocenters. The van der Waals surface area contributed by atoms with Gasteiger partial charge in [0.05, 0.1) is 6.04 Å². The van der Waals surface area contributed by atoms with Gasteiger partial charge in [-0.15, -0.1) is 11.3 Å². The van der Waals surface area contributed by atoms with Crippen LogP contribution in [0.2, 0.25) is 0 Å². The maximum atomic E-state index is 12.4. The van der Waals surface area contributed by atoms with Crippen LogP contribution in [0.5, 0.6) is 0 Å². The lowest BCUT2D eigenvalue weighted by molar-refractivity contribution is -0.114. The Balaban J connectivity index is 2.09. The molecular formula is C17H20N2O2S. The first-order valence-corrected chi connectivity index (χ1v) is 8.07. The van der Waals surface area contributed by atoms with Gasteiger partial charge in [-0.1, -0.05) is 19.9 Å². The summed E-state index contributed by atoms with van der Waals surface area (Å²) in [5.74, 6) is 0.0671. The van der Waals surface area contributed by atoms with Crippen LogP contribution in [-0.4, -0.2) is 11.8 Å². The number of hydrogen-bond donors (Lipinski definition) is 2. The molecule has 22 heavy (non-hydrogen) atoms. The Bertz CT molecular complexity index is 633. The Morgan fingerprint density at radius 1 is 1.09 bits per heavy atom. The second kappa shape index (κ2) is 7.22. The molecule has 1 aromatic carbocycles. The van der Waals surface area contributed by atoms with E-state index < -0.39 is 0 Å². The van der Waals surface area contributed by atoms with Crippen molar-refractivity contribution in [2.24, 2.45) is 5.92 Å². The molecule has 0 aliphatic rings. The van der Waals surface area contributed by atoms with Gasteiger partial charge >= 0.3 is 0 Å². The van der Waals surface area contributed by atoms with Crippen LogP contribution < -0.4 is 10.6 Å². The highest BCUT2D eigenvalue weighted by Crippen LogP contribution is 2.26. The molecule has 0 bridgehead atoms. The lowest BCUT2D eigenvalue weighted by atomic mass is 10.0. The minimum atomic E-state index is -0.130. The first-order valence-electron chi connectivity index (χ1n) is 7.19. The van der Waals surface area contributed by atoms with E-state index in [4.69, 9.17) is 0 Å². The Morgan fingerprint density at radius 3 is 2.27 bits per heavy atom. The average molecular weight is 316 g/mol. The summed E-state index contributed by atoms with van der Waals surface area (Å²) in [6, 6.07) is 10.9. The quantitative estimate of drug-likeness (QED) is 0.880. The molecule has 0 unspecified atom stereocenters. The fourth-order valence-electron chi connectivity index (χ4n) is 2.17. The van der Waals surface area contributed by atoms with Gasteiger partial charge in [0.15, 0.2) is 0 Å². The molecule has 2 aromatic rings. The summed E-state index contributed by atoms with van der Waals surface area (Å²) in [6.45, 7) is 5.63. The summed E-state index contributed by atoms with van der Waals surface area (Å²) in [5, 5.41) is 7.78. The van der Waals surface area contributed by atoms with Gasteiger partial charge in [-0.3, -0.25) is 9.59 Å². The number of thiophene rings is 1. The van der Waals surface area contributed by atoms with E-state index >= 15 is 0 Å². The number of carbonyl (C=O) groups excluding carboxylic acids is 2. The van der Waals surface area contributed by atoms with Crippen molar-refractivity contribution in [1.29, 1.82) is 0 Å². The van der Waals surface area contributed by atoms with E-state index in [0.717, 1.165) is 4.88 Å². The molecule has 2 rings (SSSR count). The maximum absolute atomic E-state index is 12.4. The van der Waals surface area contributed by atoms with Crippen LogP contribution in [0.4, 0.5) is 5.69 Å². The lowest BCUT2D eigenvalue weighted by Gasteiger charge is -2.21. The first-order chi connectivity index (χ1) is 10.5. The van der Waals surface area contributed by atoms with Gasteiger partial charge in [-0.2, -0.15) is 0 Å². The van der Waals surface area contributed by atoms with Crippen molar-refractivity contribution in [2.45, 2.75) is 26.8 Å². The molecule has 0 saturated carbocycles. The summed E-state index contributed by atoms with van der Waals surface area (Å²) >= 11 is 1.64. The number of anilines is 1. The molecule has 1 heterocycles. The van der Waals surface area contributed by atoms with Crippen molar-refractivity contribution < 1.29 is 9.59 Å². The van der Waals surface area contributed by atoms with Crippen molar-refractivity contribution >= 4 is 28.8 Å². The predicted octanol–water partition coefficient (Wildman–Crippen LogP) is 3.83. The summed E-state index contributed by atoms with van der Waals surface area (Å²) in [7, 11) is 0. The van der Waals surface area contributed by atoms with Crippen molar-refractivity contribution in [3.05, 3.63) is 52.2 Å². The normalized spacial score (nSPS) is 12.0. The van der Waals surface area contributed by atoms with Crippen molar-refractivity contribution in [3.8, 4) is 0 Å². The minimum Gasteiger partial charge on any atom is -0.344 e. The summed E-state index contributed by atoms with van der Waals surface area (Å²) in [4.78, 5) is 24.5. The van der Waals surface area contributed by atoms with Crippen LogP contribution in [0.3, 0.4) is 0 Å². The Kier molecular flexibility index (Phi) is 5.33. The van der Waals surface area contributed by atoms with Crippen LogP contribution in [0, 0.1) is 5.92 Å². The monoisotopic (exact) mass is 316 g/mol. The Hall–Kier alpha value is -2.14. The van der Waals surface area contributed by atoms with E-state index in [-0.39, 0.29) is 17.9 Å². The maximum Gasteiger partial charge on any atom is 0.251 e. The molecule has 4 nitrogen and oxygen atoms in total. The summed E-state index contributed by atoms with van der Waals surface area (Å²) in [5.41, 5.74) is 1.26. The standard InChI is InChI=1S/C17H20N2O2S/c1-11(2)16(15-5-4-10-22-15)19-17(21)13-6-8-14(9-7-13)18-12(3)20/h4-11,16H,1-3H3,(H,18,20)(H,19,21)/t16-/m1/s1. The predicted molar refractivity (Wildman–Crippen MR) is 90.1 cm³/mol. The topological polar surface area (TPSA) is 58.2 Å². The smallest absolute Gasteiger partial charge is 0.251 e. The third kappa shape index (κ3) is 4.18. The van der Waals surface area contributed by atoms with Gasteiger partial charge in [0.2, 0.25) is 5.91 Å². The lowest BCUT2D eigenvalue weighted by Crippen LogP contribution is -2.31. The van der Waals surface area contributed by atoms with Crippen LogP contribution in [-0.2, 0) is 4.79 Å². The fraction of sp³-hybridized carbons (Fsp3) is 0.294. The minimum absolute atomic E-state index is 0.00233. The molecule has 5 heteroatoms. The zero-order chi connectivity index (χ0) is 16.1. The van der Waals surface area contributed by atoms with E-state index in [1.165, 1.54) is 6.92 Å². The number of rotatable bonds is 5. The molecule has 2 amide bonds. The summed E-state index contributed by atoms with van der Waals surface area (Å²) in [6.07, 6.45) is 0. The number of nitrogens with one attached hydrogen (secondary N) is 2. The molecular weight excluding hydrogens is 296 g/mol. The number of benzene rings is 1. The van der Waals surface area contributed by atoms with E-state index in [9.17, 15) is 9.59 Å². The highest BCUT2D eigenvalue weighted by molar-refractivity contribution is 7.10. The number of carbonyl (C=O) groups is 2. The molecule has 0 radical (unpaired) electrons. The average Bonchev–Trinajstić information content (AvgIpc) is 2.98. The van der Waals surface area contributed by atoms with Crippen molar-refractivity contribution in [1.82, 2.24) is 5.32 Å².